The summed E-state index contributed by atoms with van der Waals surface area (Å²) >= 11 is 0. The Labute approximate surface area is 226 Å². The number of piperidine rings is 2. The van der Waals surface area contributed by atoms with Crippen LogP contribution in [0.3, 0.4) is 0 Å². The number of carbonyl (C=O) groups is 1. The number of aromatic nitrogens is 1. The number of alkyl halides is 3. The highest BCUT2D eigenvalue weighted by Crippen LogP contribution is 2.37. The highest BCUT2D eigenvalue weighted by molar-refractivity contribution is 5.95. The van der Waals surface area contributed by atoms with Gasteiger partial charge in [-0.05, 0) is 68.9 Å². The van der Waals surface area contributed by atoms with Crippen molar-refractivity contribution in [2.75, 3.05) is 49.1 Å². The molecule has 6 rings (SSSR count). The molecule has 0 atom stereocenters. The molecule has 210 valence electrons. The predicted octanol–water partition coefficient (Wildman–Crippen LogP) is 4.90. The summed E-state index contributed by atoms with van der Waals surface area (Å²) in [5.74, 6) is 0.544. The molecule has 1 aromatic heterocycles. The van der Waals surface area contributed by atoms with Crippen LogP contribution in [0.5, 0.6) is 5.75 Å². The van der Waals surface area contributed by atoms with Crippen LogP contribution < -0.4 is 14.5 Å². The Hall–Kier alpha value is -2.85. The van der Waals surface area contributed by atoms with Gasteiger partial charge in [0.2, 0.25) is 0 Å². The minimum Gasteiger partial charge on any atom is -0.490 e. The van der Waals surface area contributed by atoms with Crippen LogP contribution in [0.15, 0.2) is 42.7 Å². The lowest BCUT2D eigenvalue weighted by Crippen LogP contribution is -2.59. The lowest BCUT2D eigenvalue weighted by atomic mass is 9.88. The van der Waals surface area contributed by atoms with Gasteiger partial charge in [-0.3, -0.25) is 9.78 Å². The summed E-state index contributed by atoms with van der Waals surface area (Å²) in [5.41, 5.74) is -0.197. The molecule has 1 amide bonds. The molecule has 0 unspecified atom stereocenters. The van der Waals surface area contributed by atoms with Crippen LogP contribution >= 0.6 is 0 Å². The third-order valence-electron chi connectivity index (χ3n) is 8.86. The summed E-state index contributed by atoms with van der Waals surface area (Å²) in [6.45, 7) is 3.76. The van der Waals surface area contributed by atoms with Gasteiger partial charge in [-0.1, -0.05) is 6.42 Å². The second-order valence-corrected chi connectivity index (χ2v) is 11.3. The number of amides is 1. The minimum atomic E-state index is -4.52. The fraction of sp³-hybridized carbons (Fsp3) is 0.586. The van der Waals surface area contributed by atoms with E-state index in [1.165, 1.54) is 30.4 Å². The van der Waals surface area contributed by atoms with E-state index in [1.807, 2.05) is 12.1 Å². The first kappa shape index (κ1) is 26.4. The van der Waals surface area contributed by atoms with Crippen molar-refractivity contribution in [3.63, 3.8) is 0 Å². The number of halogens is 3. The van der Waals surface area contributed by atoms with Crippen LogP contribution in [0.2, 0.25) is 0 Å². The Morgan fingerprint density at radius 2 is 1.67 bits per heavy atom. The summed E-state index contributed by atoms with van der Waals surface area (Å²) in [6, 6.07) is 10.0. The van der Waals surface area contributed by atoms with Crippen LogP contribution in [0.4, 0.5) is 24.5 Å². The van der Waals surface area contributed by atoms with Crippen LogP contribution in [-0.2, 0) is 15.7 Å². The molecular formula is C29H35F3N4O3. The number of ether oxygens (including phenoxy) is 2. The molecule has 39 heavy (non-hydrogen) atoms. The minimum absolute atomic E-state index is 0.151. The van der Waals surface area contributed by atoms with E-state index in [1.54, 1.807) is 0 Å². The second-order valence-electron chi connectivity index (χ2n) is 11.3. The number of rotatable bonds is 5. The molecule has 4 fully saturated rings. The van der Waals surface area contributed by atoms with Crippen molar-refractivity contribution in [2.45, 2.75) is 68.9 Å². The zero-order valence-corrected chi connectivity index (χ0v) is 22.0. The Morgan fingerprint density at radius 3 is 2.31 bits per heavy atom. The van der Waals surface area contributed by atoms with Gasteiger partial charge in [0.1, 0.15) is 18.5 Å². The molecule has 0 bridgehead atoms. The second kappa shape index (κ2) is 10.6. The van der Waals surface area contributed by atoms with Crippen molar-refractivity contribution in [1.29, 1.82) is 0 Å². The van der Waals surface area contributed by atoms with E-state index in [9.17, 15) is 18.0 Å². The molecule has 3 aliphatic heterocycles. The maximum absolute atomic E-state index is 13.2. The molecule has 3 saturated heterocycles. The number of hydrogen-bond donors (Lipinski definition) is 0. The third kappa shape index (κ3) is 5.72. The van der Waals surface area contributed by atoms with Gasteiger partial charge < -0.3 is 24.2 Å². The van der Waals surface area contributed by atoms with Gasteiger partial charge in [-0.2, -0.15) is 13.2 Å². The van der Waals surface area contributed by atoms with E-state index in [2.05, 4.69) is 26.9 Å². The zero-order chi connectivity index (χ0) is 27.0. The van der Waals surface area contributed by atoms with Gasteiger partial charge in [0, 0.05) is 44.1 Å². The highest BCUT2D eigenvalue weighted by Gasteiger charge is 2.43. The van der Waals surface area contributed by atoms with Crippen LogP contribution in [-0.4, -0.2) is 72.9 Å². The van der Waals surface area contributed by atoms with Gasteiger partial charge in [-0.15, -0.1) is 0 Å². The number of morpholine rings is 1. The first-order chi connectivity index (χ1) is 18.8. The van der Waals surface area contributed by atoms with Crippen LogP contribution in [0.25, 0.3) is 0 Å². The van der Waals surface area contributed by atoms with Crippen LogP contribution in [0, 0.1) is 0 Å². The zero-order valence-electron chi connectivity index (χ0n) is 22.0. The molecule has 1 aliphatic carbocycles. The molecular weight excluding hydrogens is 509 g/mol. The molecule has 0 N–H and O–H groups in total. The average molecular weight is 545 g/mol. The number of pyridine rings is 1. The predicted molar refractivity (Wildman–Crippen MR) is 141 cm³/mol. The molecule has 4 aliphatic rings. The van der Waals surface area contributed by atoms with Crippen molar-refractivity contribution in [2.24, 2.45) is 0 Å². The molecule has 1 saturated carbocycles. The monoisotopic (exact) mass is 544 g/mol. The standard InChI is InChI=1S/C29H35F3N4O3/c30-29(31,32)21-16-24(18-33-17-21)36-20-28(38-19-27(36)37)10-14-35(15-11-28)23-4-6-25(7-5-23)39-26-8-12-34(13-9-26)22-2-1-3-22/h4-7,16-18,22,26H,1-3,8-15,19-20H2. The van der Waals surface area contributed by atoms with Gasteiger partial charge in [-0.25, -0.2) is 0 Å². The largest absolute Gasteiger partial charge is 0.490 e. The average Bonchev–Trinajstić information content (AvgIpc) is 2.91. The van der Waals surface area contributed by atoms with Crippen molar-refractivity contribution in [3.8, 4) is 5.75 Å². The quantitative estimate of drug-likeness (QED) is 0.534. The summed E-state index contributed by atoms with van der Waals surface area (Å²) in [5, 5.41) is 0. The number of hydrogen-bond acceptors (Lipinski definition) is 6. The topological polar surface area (TPSA) is 58.1 Å². The molecule has 1 spiro atoms. The first-order valence-electron chi connectivity index (χ1n) is 14.0. The number of benzene rings is 1. The van der Waals surface area contributed by atoms with Crippen molar-refractivity contribution < 1.29 is 27.4 Å². The Morgan fingerprint density at radius 1 is 0.949 bits per heavy atom. The fourth-order valence-corrected chi connectivity index (χ4v) is 6.19. The van der Waals surface area contributed by atoms with Crippen LogP contribution in [0.1, 0.15) is 50.5 Å². The summed E-state index contributed by atoms with van der Waals surface area (Å²) in [6.07, 6.45) is 5.38. The Balaban J connectivity index is 1.03. The number of anilines is 2. The third-order valence-corrected chi connectivity index (χ3v) is 8.86. The van der Waals surface area contributed by atoms with Crippen molar-refractivity contribution in [3.05, 3.63) is 48.3 Å². The summed E-state index contributed by atoms with van der Waals surface area (Å²) < 4.78 is 51.9. The maximum Gasteiger partial charge on any atom is 0.417 e. The normalized spacial score (nSPS) is 23.2. The fourth-order valence-electron chi connectivity index (χ4n) is 6.19. The van der Waals surface area contributed by atoms with E-state index in [0.717, 1.165) is 68.8 Å². The van der Waals surface area contributed by atoms with E-state index < -0.39 is 17.3 Å². The Kier molecular flexibility index (Phi) is 7.18. The maximum atomic E-state index is 13.2. The van der Waals surface area contributed by atoms with E-state index in [0.29, 0.717) is 12.8 Å². The van der Waals surface area contributed by atoms with Crippen molar-refractivity contribution >= 4 is 17.3 Å². The number of carbonyl (C=O) groups excluding carboxylic acids is 1. The molecule has 4 heterocycles. The molecule has 7 nitrogen and oxygen atoms in total. The first-order valence-corrected chi connectivity index (χ1v) is 14.0. The number of likely N-dealkylation sites (tertiary alicyclic amines) is 1. The molecule has 10 heteroatoms. The van der Waals surface area contributed by atoms with Gasteiger partial charge in [0.15, 0.2) is 0 Å². The summed E-state index contributed by atoms with van der Waals surface area (Å²) in [4.78, 5) is 22.6. The molecule has 0 radical (unpaired) electrons. The lowest BCUT2D eigenvalue weighted by molar-refractivity contribution is -0.141. The van der Waals surface area contributed by atoms with Crippen molar-refractivity contribution in [1.82, 2.24) is 9.88 Å². The van der Waals surface area contributed by atoms with E-state index in [-0.39, 0.29) is 30.9 Å². The smallest absolute Gasteiger partial charge is 0.417 e. The highest BCUT2D eigenvalue weighted by atomic mass is 19.4. The van der Waals surface area contributed by atoms with Gasteiger partial charge in [0.05, 0.1) is 29.6 Å². The summed E-state index contributed by atoms with van der Waals surface area (Å²) in [7, 11) is 0. The van der Waals surface area contributed by atoms with E-state index in [4.69, 9.17) is 9.47 Å². The van der Waals surface area contributed by atoms with E-state index >= 15 is 0 Å². The molecule has 1 aromatic carbocycles. The van der Waals surface area contributed by atoms with Gasteiger partial charge in [0.25, 0.3) is 5.91 Å². The van der Waals surface area contributed by atoms with Gasteiger partial charge >= 0.3 is 6.18 Å². The number of nitrogens with zero attached hydrogens (tertiary/aromatic N) is 4. The Bertz CT molecular complexity index is 1160. The SMILES string of the molecule is O=C1COC2(CCN(c3ccc(OC4CCN(C5CCC5)CC4)cc3)CC2)CN1c1cncc(C(F)(F)F)c1. The molecule has 2 aromatic rings. The lowest BCUT2D eigenvalue weighted by Gasteiger charge is -2.47.